The average molecular weight is 340 g/mol. The molecule has 1 saturated heterocycles. The highest BCUT2D eigenvalue weighted by molar-refractivity contribution is 5.76. The van der Waals surface area contributed by atoms with Gasteiger partial charge in [-0.1, -0.05) is 12.8 Å². The van der Waals surface area contributed by atoms with E-state index in [1.807, 2.05) is 29.2 Å². The van der Waals surface area contributed by atoms with Gasteiger partial charge in [-0.2, -0.15) is 0 Å². The summed E-state index contributed by atoms with van der Waals surface area (Å²) >= 11 is 0. The van der Waals surface area contributed by atoms with Crippen molar-refractivity contribution in [2.75, 3.05) is 31.1 Å². The maximum absolute atomic E-state index is 12.4. The van der Waals surface area contributed by atoms with E-state index in [0.717, 1.165) is 49.9 Å². The molecule has 0 atom stereocenters. The molecule has 1 amide bonds. The lowest BCUT2D eigenvalue weighted by Gasteiger charge is -2.35. The van der Waals surface area contributed by atoms with E-state index in [1.54, 1.807) is 6.26 Å². The van der Waals surface area contributed by atoms with Gasteiger partial charge in [0.1, 0.15) is 5.69 Å². The molecule has 6 nitrogen and oxygen atoms in total. The Kier molecular flexibility index (Phi) is 4.68. The highest BCUT2D eigenvalue weighted by atomic mass is 16.3. The third-order valence-corrected chi connectivity index (χ3v) is 5.32. The van der Waals surface area contributed by atoms with Crippen LogP contribution in [0.5, 0.6) is 0 Å². The first-order valence-electron chi connectivity index (χ1n) is 9.20. The first kappa shape index (κ1) is 16.1. The summed E-state index contributed by atoms with van der Waals surface area (Å²) in [5, 5.41) is 8.58. The van der Waals surface area contributed by atoms with Crippen molar-refractivity contribution >= 4 is 11.7 Å². The average Bonchev–Trinajstić information content (AvgIpc) is 3.36. The van der Waals surface area contributed by atoms with Crippen LogP contribution in [-0.2, 0) is 4.79 Å². The van der Waals surface area contributed by atoms with E-state index < -0.39 is 0 Å². The quantitative estimate of drug-likeness (QED) is 0.856. The summed E-state index contributed by atoms with van der Waals surface area (Å²) in [5.74, 6) is 2.52. The first-order valence-corrected chi connectivity index (χ1v) is 9.20. The monoisotopic (exact) mass is 340 g/mol. The van der Waals surface area contributed by atoms with Crippen molar-refractivity contribution in [3.05, 3.63) is 30.5 Å². The van der Waals surface area contributed by atoms with E-state index >= 15 is 0 Å². The van der Waals surface area contributed by atoms with Crippen LogP contribution >= 0.6 is 0 Å². The predicted octanol–water partition coefficient (Wildman–Crippen LogP) is 2.97. The van der Waals surface area contributed by atoms with Crippen molar-refractivity contribution in [1.82, 2.24) is 15.1 Å². The van der Waals surface area contributed by atoms with Crippen molar-refractivity contribution < 1.29 is 9.21 Å². The molecule has 1 aliphatic carbocycles. The molecule has 1 saturated carbocycles. The first-order chi connectivity index (χ1) is 12.3. The van der Waals surface area contributed by atoms with Crippen molar-refractivity contribution in [2.45, 2.75) is 32.1 Å². The van der Waals surface area contributed by atoms with Crippen LogP contribution in [0.2, 0.25) is 0 Å². The minimum atomic E-state index is 0.325. The lowest BCUT2D eigenvalue weighted by Crippen LogP contribution is -2.49. The number of carbonyl (C=O) groups is 1. The van der Waals surface area contributed by atoms with E-state index in [2.05, 4.69) is 15.1 Å². The molecule has 0 N–H and O–H groups in total. The fourth-order valence-electron chi connectivity index (χ4n) is 3.83. The molecule has 2 aromatic rings. The van der Waals surface area contributed by atoms with Crippen LogP contribution in [0.1, 0.15) is 32.1 Å². The molecule has 0 unspecified atom stereocenters. The van der Waals surface area contributed by atoms with Crippen LogP contribution < -0.4 is 4.90 Å². The van der Waals surface area contributed by atoms with Gasteiger partial charge < -0.3 is 14.2 Å². The minimum Gasteiger partial charge on any atom is -0.463 e. The Labute approximate surface area is 147 Å². The van der Waals surface area contributed by atoms with Gasteiger partial charge in [0.25, 0.3) is 0 Å². The second-order valence-electron chi connectivity index (χ2n) is 6.98. The van der Waals surface area contributed by atoms with Gasteiger partial charge in [-0.15, -0.1) is 10.2 Å². The lowest BCUT2D eigenvalue weighted by molar-refractivity contribution is -0.132. The highest BCUT2D eigenvalue weighted by Gasteiger charge is 2.25. The molecule has 1 aliphatic heterocycles. The van der Waals surface area contributed by atoms with Crippen LogP contribution in [0.15, 0.2) is 34.9 Å². The van der Waals surface area contributed by atoms with E-state index in [4.69, 9.17) is 4.42 Å². The third-order valence-electron chi connectivity index (χ3n) is 5.32. The molecule has 2 fully saturated rings. The number of carbonyl (C=O) groups excluding carboxylic acids is 1. The molecule has 2 aliphatic rings. The van der Waals surface area contributed by atoms with Crippen LogP contribution in [0.4, 0.5) is 5.82 Å². The zero-order valence-corrected chi connectivity index (χ0v) is 14.4. The van der Waals surface area contributed by atoms with E-state index in [-0.39, 0.29) is 0 Å². The number of hydrogen-bond acceptors (Lipinski definition) is 5. The van der Waals surface area contributed by atoms with Crippen LogP contribution in [0.25, 0.3) is 11.5 Å². The maximum atomic E-state index is 12.4. The van der Waals surface area contributed by atoms with Crippen LogP contribution in [0, 0.1) is 5.92 Å². The number of amides is 1. The van der Waals surface area contributed by atoms with Gasteiger partial charge in [0.2, 0.25) is 5.91 Å². The molecule has 6 heteroatoms. The van der Waals surface area contributed by atoms with Crippen molar-refractivity contribution in [3.63, 3.8) is 0 Å². The molecule has 132 valence electrons. The predicted molar refractivity (Wildman–Crippen MR) is 95.1 cm³/mol. The fourth-order valence-corrected chi connectivity index (χ4v) is 3.83. The lowest BCUT2D eigenvalue weighted by atomic mass is 10.0. The van der Waals surface area contributed by atoms with Crippen molar-refractivity contribution in [3.8, 4) is 11.5 Å². The van der Waals surface area contributed by atoms with Crippen molar-refractivity contribution in [1.29, 1.82) is 0 Å². The molecular formula is C19H24N4O2. The SMILES string of the molecule is O=C(CC1CCCC1)N1CCN(c2ccc(-c3ccco3)nn2)CC1. The number of aromatic nitrogens is 2. The normalized spacial score (nSPS) is 18.7. The molecule has 0 radical (unpaired) electrons. The second kappa shape index (κ2) is 7.25. The Morgan fingerprint density at radius 3 is 2.52 bits per heavy atom. The number of furan rings is 1. The van der Waals surface area contributed by atoms with E-state index in [9.17, 15) is 4.79 Å². The van der Waals surface area contributed by atoms with Gasteiger partial charge in [-0.05, 0) is 43.0 Å². The summed E-state index contributed by atoms with van der Waals surface area (Å²) in [6, 6.07) is 7.62. The minimum absolute atomic E-state index is 0.325. The standard InChI is InChI=1S/C19H24N4O2/c24-19(14-15-4-1-2-5-15)23-11-9-22(10-12-23)18-8-7-16(20-21-18)17-6-3-13-25-17/h3,6-8,13,15H,1-2,4-5,9-12,14H2. The van der Waals surface area contributed by atoms with Gasteiger partial charge in [0.05, 0.1) is 6.26 Å². The summed E-state index contributed by atoms with van der Waals surface area (Å²) in [6.45, 7) is 3.16. The van der Waals surface area contributed by atoms with E-state index in [1.165, 1.54) is 25.7 Å². The van der Waals surface area contributed by atoms with Gasteiger partial charge in [-0.3, -0.25) is 4.79 Å². The summed E-state index contributed by atoms with van der Waals surface area (Å²) in [5.41, 5.74) is 0.735. The number of rotatable bonds is 4. The Morgan fingerprint density at radius 2 is 1.88 bits per heavy atom. The molecule has 2 aromatic heterocycles. The Bertz CT molecular complexity index is 685. The number of piperazine rings is 1. The molecule has 0 bridgehead atoms. The number of nitrogens with zero attached hydrogens (tertiary/aromatic N) is 4. The number of anilines is 1. The van der Waals surface area contributed by atoms with Crippen LogP contribution in [-0.4, -0.2) is 47.2 Å². The highest BCUT2D eigenvalue weighted by Crippen LogP contribution is 2.28. The Balaban J connectivity index is 1.31. The zero-order valence-electron chi connectivity index (χ0n) is 14.4. The summed E-state index contributed by atoms with van der Waals surface area (Å²) < 4.78 is 5.34. The molecular weight excluding hydrogens is 316 g/mol. The van der Waals surface area contributed by atoms with E-state index in [0.29, 0.717) is 11.8 Å². The molecule has 3 heterocycles. The Hall–Kier alpha value is -2.37. The molecule has 4 rings (SSSR count). The summed E-state index contributed by atoms with van der Waals surface area (Å²) in [4.78, 5) is 16.6. The summed E-state index contributed by atoms with van der Waals surface area (Å²) in [6.07, 6.45) is 7.40. The van der Waals surface area contributed by atoms with Gasteiger partial charge in [-0.25, -0.2) is 0 Å². The number of hydrogen-bond donors (Lipinski definition) is 0. The molecule has 25 heavy (non-hydrogen) atoms. The van der Waals surface area contributed by atoms with Crippen LogP contribution in [0.3, 0.4) is 0 Å². The maximum Gasteiger partial charge on any atom is 0.222 e. The topological polar surface area (TPSA) is 62.5 Å². The smallest absolute Gasteiger partial charge is 0.222 e. The van der Waals surface area contributed by atoms with Crippen molar-refractivity contribution in [2.24, 2.45) is 5.92 Å². The third kappa shape index (κ3) is 3.67. The summed E-state index contributed by atoms with van der Waals surface area (Å²) in [7, 11) is 0. The molecule has 0 spiro atoms. The van der Waals surface area contributed by atoms with Gasteiger partial charge in [0, 0.05) is 32.6 Å². The Morgan fingerprint density at radius 1 is 1.08 bits per heavy atom. The molecule has 0 aromatic carbocycles. The fraction of sp³-hybridized carbons (Fsp3) is 0.526. The van der Waals surface area contributed by atoms with Gasteiger partial charge in [0.15, 0.2) is 11.6 Å². The zero-order chi connectivity index (χ0) is 17.1. The second-order valence-corrected chi connectivity index (χ2v) is 6.98. The largest absolute Gasteiger partial charge is 0.463 e. The van der Waals surface area contributed by atoms with Gasteiger partial charge >= 0.3 is 0 Å².